The van der Waals surface area contributed by atoms with Gasteiger partial charge in [-0.15, -0.1) is 11.6 Å². The second-order valence-corrected chi connectivity index (χ2v) is 4.84. The van der Waals surface area contributed by atoms with Crippen molar-refractivity contribution in [2.75, 3.05) is 12.4 Å². The van der Waals surface area contributed by atoms with Gasteiger partial charge in [0.2, 0.25) is 0 Å². The van der Waals surface area contributed by atoms with Gasteiger partial charge in [0.05, 0.1) is 0 Å². The van der Waals surface area contributed by atoms with Gasteiger partial charge in [0.15, 0.2) is 0 Å². The second kappa shape index (κ2) is 6.67. The SMILES string of the molecule is CCC(C)(CCCl)NCCC(C)C. The number of rotatable bonds is 7. The van der Waals surface area contributed by atoms with Gasteiger partial charge >= 0.3 is 0 Å². The van der Waals surface area contributed by atoms with Crippen LogP contribution in [0.25, 0.3) is 0 Å². The van der Waals surface area contributed by atoms with Gasteiger partial charge in [-0.3, -0.25) is 0 Å². The number of hydrogen-bond donors (Lipinski definition) is 1. The maximum Gasteiger partial charge on any atom is 0.0240 e. The molecule has 2 heteroatoms. The lowest BCUT2D eigenvalue weighted by molar-refractivity contribution is 0.323. The summed E-state index contributed by atoms with van der Waals surface area (Å²) in [6, 6.07) is 0. The molecule has 0 radical (unpaired) electrons. The Hall–Kier alpha value is 0.250. The van der Waals surface area contributed by atoms with Crippen molar-refractivity contribution >= 4 is 11.6 Å². The number of alkyl halides is 1. The smallest absolute Gasteiger partial charge is 0.0240 e. The number of hydrogen-bond acceptors (Lipinski definition) is 1. The van der Waals surface area contributed by atoms with Gasteiger partial charge in [-0.05, 0) is 38.6 Å². The highest BCUT2D eigenvalue weighted by Gasteiger charge is 2.19. The maximum absolute atomic E-state index is 5.77. The highest BCUT2D eigenvalue weighted by molar-refractivity contribution is 6.17. The summed E-state index contributed by atoms with van der Waals surface area (Å²) in [5.74, 6) is 1.53. The van der Waals surface area contributed by atoms with Gasteiger partial charge in [0.25, 0.3) is 0 Å². The molecule has 1 atom stereocenters. The molecule has 0 rings (SSSR count). The summed E-state index contributed by atoms with van der Waals surface area (Å²) >= 11 is 5.77. The zero-order valence-corrected chi connectivity index (χ0v) is 10.2. The van der Waals surface area contributed by atoms with Crippen molar-refractivity contribution in [3.63, 3.8) is 0 Å². The first-order valence-corrected chi connectivity index (χ1v) is 5.88. The van der Waals surface area contributed by atoms with Crippen molar-refractivity contribution in [1.82, 2.24) is 5.32 Å². The molecule has 0 bridgehead atoms. The zero-order valence-electron chi connectivity index (χ0n) is 9.49. The van der Waals surface area contributed by atoms with Crippen LogP contribution >= 0.6 is 11.6 Å². The fraction of sp³-hybridized carbons (Fsp3) is 1.00. The molecule has 0 saturated carbocycles. The summed E-state index contributed by atoms with van der Waals surface area (Å²) in [5, 5.41) is 3.59. The molecule has 1 unspecified atom stereocenters. The Bertz CT molecular complexity index is 125. The van der Waals surface area contributed by atoms with E-state index in [9.17, 15) is 0 Å². The Morgan fingerprint density at radius 3 is 2.38 bits per heavy atom. The fourth-order valence-corrected chi connectivity index (χ4v) is 1.68. The van der Waals surface area contributed by atoms with Gasteiger partial charge in [-0.25, -0.2) is 0 Å². The van der Waals surface area contributed by atoms with Crippen LogP contribution in [0.1, 0.15) is 47.0 Å². The number of nitrogens with one attached hydrogen (secondary N) is 1. The Morgan fingerprint density at radius 1 is 1.38 bits per heavy atom. The quantitative estimate of drug-likeness (QED) is 0.629. The van der Waals surface area contributed by atoms with Crippen LogP contribution in [0.4, 0.5) is 0 Å². The summed E-state index contributed by atoms with van der Waals surface area (Å²) < 4.78 is 0. The van der Waals surface area contributed by atoms with E-state index in [1.54, 1.807) is 0 Å². The fourth-order valence-electron chi connectivity index (χ4n) is 1.26. The third-order valence-corrected chi connectivity index (χ3v) is 2.89. The molecule has 0 fully saturated rings. The predicted octanol–water partition coefficient (Wildman–Crippen LogP) is 3.42. The van der Waals surface area contributed by atoms with E-state index in [0.29, 0.717) is 0 Å². The molecule has 0 aromatic carbocycles. The van der Waals surface area contributed by atoms with Gasteiger partial charge in [-0.1, -0.05) is 20.8 Å². The van der Waals surface area contributed by atoms with Crippen LogP contribution in [-0.2, 0) is 0 Å². The van der Waals surface area contributed by atoms with E-state index in [2.05, 4.69) is 33.0 Å². The molecule has 0 aromatic rings. The molecule has 0 spiro atoms. The molecule has 0 aliphatic rings. The normalized spacial score (nSPS) is 16.2. The molecular weight excluding hydrogens is 182 g/mol. The molecule has 1 nitrogen and oxygen atoms in total. The maximum atomic E-state index is 5.77. The molecule has 0 amide bonds. The monoisotopic (exact) mass is 205 g/mol. The molecular formula is C11H24ClN. The van der Waals surface area contributed by atoms with Crippen LogP contribution in [0.15, 0.2) is 0 Å². The summed E-state index contributed by atoms with van der Waals surface area (Å²) in [7, 11) is 0. The van der Waals surface area contributed by atoms with Crippen molar-refractivity contribution < 1.29 is 0 Å². The van der Waals surface area contributed by atoms with Gasteiger partial charge in [0.1, 0.15) is 0 Å². The Labute approximate surface area is 88.2 Å². The van der Waals surface area contributed by atoms with Gasteiger partial charge in [0, 0.05) is 11.4 Å². The molecule has 0 aliphatic carbocycles. The summed E-state index contributed by atoms with van der Waals surface area (Å²) in [6.45, 7) is 10.1. The Morgan fingerprint density at radius 2 is 2.00 bits per heavy atom. The molecule has 0 aliphatic heterocycles. The molecule has 80 valence electrons. The van der Waals surface area contributed by atoms with Crippen LogP contribution < -0.4 is 5.32 Å². The molecule has 0 heterocycles. The minimum absolute atomic E-state index is 0.247. The predicted molar refractivity (Wildman–Crippen MR) is 61.5 cm³/mol. The van der Waals surface area contributed by atoms with Crippen LogP contribution in [0.5, 0.6) is 0 Å². The minimum atomic E-state index is 0.247. The van der Waals surface area contributed by atoms with E-state index in [1.807, 2.05) is 0 Å². The molecule has 13 heavy (non-hydrogen) atoms. The third-order valence-electron chi connectivity index (χ3n) is 2.70. The first kappa shape index (κ1) is 13.2. The van der Waals surface area contributed by atoms with Crippen molar-refractivity contribution in [2.24, 2.45) is 5.92 Å². The van der Waals surface area contributed by atoms with Crippen LogP contribution in [0.3, 0.4) is 0 Å². The summed E-state index contributed by atoms with van der Waals surface area (Å²) in [5.41, 5.74) is 0.247. The van der Waals surface area contributed by atoms with E-state index in [0.717, 1.165) is 31.2 Å². The van der Waals surface area contributed by atoms with Gasteiger partial charge in [-0.2, -0.15) is 0 Å². The van der Waals surface area contributed by atoms with E-state index in [1.165, 1.54) is 6.42 Å². The van der Waals surface area contributed by atoms with Crippen LogP contribution in [-0.4, -0.2) is 18.0 Å². The van der Waals surface area contributed by atoms with Crippen LogP contribution in [0, 0.1) is 5.92 Å². The van der Waals surface area contributed by atoms with Crippen molar-refractivity contribution in [2.45, 2.75) is 52.5 Å². The van der Waals surface area contributed by atoms with E-state index >= 15 is 0 Å². The molecule has 1 N–H and O–H groups in total. The third kappa shape index (κ3) is 6.34. The number of halogens is 1. The topological polar surface area (TPSA) is 12.0 Å². The Balaban J connectivity index is 3.69. The average Bonchev–Trinajstić information content (AvgIpc) is 2.04. The summed E-state index contributed by atoms with van der Waals surface area (Å²) in [6.07, 6.45) is 3.46. The Kier molecular flexibility index (Phi) is 6.79. The first-order valence-electron chi connectivity index (χ1n) is 5.35. The first-order chi connectivity index (χ1) is 6.04. The highest BCUT2D eigenvalue weighted by atomic mass is 35.5. The van der Waals surface area contributed by atoms with Gasteiger partial charge < -0.3 is 5.32 Å². The standard InChI is InChI=1S/C11H24ClN/c1-5-11(4,7-8-12)13-9-6-10(2)3/h10,13H,5-9H2,1-4H3. The van der Waals surface area contributed by atoms with Crippen molar-refractivity contribution in [3.8, 4) is 0 Å². The molecule has 0 saturated heterocycles. The van der Waals surface area contributed by atoms with E-state index in [4.69, 9.17) is 11.6 Å². The highest BCUT2D eigenvalue weighted by Crippen LogP contribution is 2.15. The summed E-state index contributed by atoms with van der Waals surface area (Å²) in [4.78, 5) is 0. The van der Waals surface area contributed by atoms with E-state index in [-0.39, 0.29) is 5.54 Å². The minimum Gasteiger partial charge on any atom is -0.311 e. The average molecular weight is 206 g/mol. The van der Waals surface area contributed by atoms with Crippen molar-refractivity contribution in [3.05, 3.63) is 0 Å². The molecule has 0 aromatic heterocycles. The van der Waals surface area contributed by atoms with Crippen molar-refractivity contribution in [1.29, 1.82) is 0 Å². The van der Waals surface area contributed by atoms with E-state index < -0.39 is 0 Å². The second-order valence-electron chi connectivity index (χ2n) is 4.46. The lowest BCUT2D eigenvalue weighted by Gasteiger charge is -2.29. The lowest BCUT2D eigenvalue weighted by atomic mass is 9.95. The zero-order chi connectivity index (χ0) is 10.3. The lowest BCUT2D eigenvalue weighted by Crippen LogP contribution is -2.42. The van der Waals surface area contributed by atoms with Crippen LogP contribution in [0.2, 0.25) is 0 Å². The largest absolute Gasteiger partial charge is 0.311 e.